The van der Waals surface area contributed by atoms with Gasteiger partial charge in [0.2, 0.25) is 5.91 Å². The van der Waals surface area contributed by atoms with Gasteiger partial charge in [0.15, 0.2) is 0 Å². The highest BCUT2D eigenvalue weighted by atomic mass is 16.2. The summed E-state index contributed by atoms with van der Waals surface area (Å²) < 4.78 is 0. The average molecular weight is 227 g/mol. The third kappa shape index (κ3) is 4.49. The van der Waals surface area contributed by atoms with Crippen LogP contribution >= 0.6 is 0 Å². The fourth-order valence-electron chi connectivity index (χ4n) is 2.02. The van der Waals surface area contributed by atoms with Gasteiger partial charge >= 0.3 is 0 Å². The standard InChI is InChI=1S/C12H25N3O/c1-3-4-7-15-8-5-11(6-9-15)14-12(16)10(2)13/h10-11H,3-9,13H2,1-2H3,(H,14,16)/t10-/m1/s1. The summed E-state index contributed by atoms with van der Waals surface area (Å²) in [6, 6.07) is -0.0607. The number of nitrogens with zero attached hydrogens (tertiary/aromatic N) is 1. The van der Waals surface area contributed by atoms with Crippen LogP contribution in [0, 0.1) is 0 Å². The first-order chi connectivity index (χ1) is 7.63. The van der Waals surface area contributed by atoms with Crippen molar-refractivity contribution in [2.24, 2.45) is 5.73 Å². The Morgan fingerprint density at radius 1 is 1.50 bits per heavy atom. The summed E-state index contributed by atoms with van der Waals surface area (Å²) in [6.45, 7) is 7.35. The molecule has 0 bridgehead atoms. The number of amides is 1. The quantitative estimate of drug-likeness (QED) is 0.727. The predicted octanol–water partition coefficient (Wildman–Crippen LogP) is 0.714. The molecule has 0 radical (unpaired) electrons. The van der Waals surface area contributed by atoms with Gasteiger partial charge in [0.25, 0.3) is 0 Å². The molecule has 4 nitrogen and oxygen atoms in total. The lowest BCUT2D eigenvalue weighted by atomic mass is 10.0. The van der Waals surface area contributed by atoms with E-state index in [0.29, 0.717) is 6.04 Å². The molecule has 3 N–H and O–H groups in total. The minimum Gasteiger partial charge on any atom is -0.352 e. The molecule has 94 valence electrons. The van der Waals surface area contributed by atoms with Gasteiger partial charge in [-0.1, -0.05) is 13.3 Å². The maximum atomic E-state index is 11.4. The smallest absolute Gasteiger partial charge is 0.236 e. The van der Waals surface area contributed by atoms with E-state index >= 15 is 0 Å². The number of carbonyl (C=O) groups excluding carboxylic acids is 1. The second-order valence-corrected chi connectivity index (χ2v) is 4.77. The van der Waals surface area contributed by atoms with Crippen LogP contribution in [0.25, 0.3) is 0 Å². The maximum Gasteiger partial charge on any atom is 0.236 e. The molecular formula is C12H25N3O. The molecule has 16 heavy (non-hydrogen) atoms. The zero-order valence-electron chi connectivity index (χ0n) is 10.5. The van der Waals surface area contributed by atoms with Crippen molar-refractivity contribution in [3.05, 3.63) is 0 Å². The fraction of sp³-hybridized carbons (Fsp3) is 0.917. The zero-order chi connectivity index (χ0) is 12.0. The monoisotopic (exact) mass is 227 g/mol. The first kappa shape index (κ1) is 13.5. The molecule has 1 rings (SSSR count). The van der Waals surface area contributed by atoms with E-state index in [-0.39, 0.29) is 5.91 Å². The highest BCUT2D eigenvalue weighted by Crippen LogP contribution is 2.11. The molecule has 0 saturated carbocycles. The number of piperidine rings is 1. The Morgan fingerprint density at radius 2 is 2.12 bits per heavy atom. The highest BCUT2D eigenvalue weighted by molar-refractivity contribution is 5.81. The van der Waals surface area contributed by atoms with E-state index in [2.05, 4.69) is 17.1 Å². The molecule has 1 saturated heterocycles. The largest absolute Gasteiger partial charge is 0.352 e. The van der Waals surface area contributed by atoms with Gasteiger partial charge in [-0.15, -0.1) is 0 Å². The third-order valence-electron chi connectivity index (χ3n) is 3.18. The van der Waals surface area contributed by atoms with Crippen molar-refractivity contribution in [1.82, 2.24) is 10.2 Å². The normalized spacial score (nSPS) is 20.7. The molecule has 0 aromatic heterocycles. The van der Waals surface area contributed by atoms with E-state index in [4.69, 9.17) is 5.73 Å². The molecule has 1 aliphatic heterocycles. The van der Waals surface area contributed by atoms with E-state index in [9.17, 15) is 4.79 Å². The summed E-state index contributed by atoms with van der Waals surface area (Å²) in [7, 11) is 0. The topological polar surface area (TPSA) is 58.4 Å². The summed E-state index contributed by atoms with van der Waals surface area (Å²) in [4.78, 5) is 13.9. The van der Waals surface area contributed by atoms with E-state index in [1.807, 2.05) is 0 Å². The van der Waals surface area contributed by atoms with E-state index in [1.54, 1.807) is 6.92 Å². The molecule has 0 unspecified atom stereocenters. The number of carbonyl (C=O) groups is 1. The Labute approximate surface area is 98.6 Å². The van der Waals surface area contributed by atoms with Crippen LogP contribution in [-0.2, 0) is 4.79 Å². The molecule has 1 heterocycles. The average Bonchev–Trinajstić information content (AvgIpc) is 2.28. The molecular weight excluding hydrogens is 202 g/mol. The van der Waals surface area contributed by atoms with Crippen molar-refractivity contribution in [3.8, 4) is 0 Å². The summed E-state index contributed by atoms with van der Waals surface area (Å²) in [6.07, 6.45) is 4.64. The summed E-state index contributed by atoms with van der Waals surface area (Å²) in [5.74, 6) is -0.0213. The molecule has 1 aliphatic rings. The van der Waals surface area contributed by atoms with Gasteiger partial charge in [-0.3, -0.25) is 4.79 Å². The van der Waals surface area contributed by atoms with Crippen LogP contribution in [0.5, 0.6) is 0 Å². The minimum atomic E-state index is -0.391. The number of hydrogen-bond donors (Lipinski definition) is 2. The van der Waals surface area contributed by atoms with Gasteiger partial charge in [-0.2, -0.15) is 0 Å². The molecule has 0 aliphatic carbocycles. The Morgan fingerprint density at radius 3 is 2.62 bits per heavy atom. The third-order valence-corrected chi connectivity index (χ3v) is 3.18. The number of nitrogens with two attached hydrogens (primary N) is 1. The van der Waals surface area contributed by atoms with E-state index < -0.39 is 6.04 Å². The summed E-state index contributed by atoms with van der Waals surface area (Å²) in [5.41, 5.74) is 5.52. The molecule has 1 atom stereocenters. The van der Waals surface area contributed by atoms with Crippen LogP contribution < -0.4 is 11.1 Å². The highest BCUT2D eigenvalue weighted by Gasteiger charge is 2.20. The lowest BCUT2D eigenvalue weighted by molar-refractivity contribution is -0.123. The van der Waals surface area contributed by atoms with Crippen LogP contribution in [0.4, 0.5) is 0 Å². The number of rotatable bonds is 5. The van der Waals surface area contributed by atoms with Gasteiger partial charge in [0.05, 0.1) is 6.04 Å². The van der Waals surface area contributed by atoms with Crippen molar-refractivity contribution in [2.45, 2.75) is 51.6 Å². The Hall–Kier alpha value is -0.610. The number of nitrogens with one attached hydrogen (secondary N) is 1. The molecule has 0 spiro atoms. The van der Waals surface area contributed by atoms with Crippen LogP contribution in [0.2, 0.25) is 0 Å². The van der Waals surface area contributed by atoms with Crippen molar-refractivity contribution in [1.29, 1.82) is 0 Å². The Balaban J connectivity index is 2.19. The maximum absolute atomic E-state index is 11.4. The van der Waals surface area contributed by atoms with E-state index in [0.717, 1.165) is 25.9 Å². The lowest BCUT2D eigenvalue weighted by Crippen LogP contribution is -2.48. The van der Waals surface area contributed by atoms with Crippen molar-refractivity contribution < 1.29 is 4.79 Å². The SMILES string of the molecule is CCCCN1CCC(NC(=O)[C@@H](C)N)CC1. The van der Waals surface area contributed by atoms with Crippen LogP contribution in [0.1, 0.15) is 39.5 Å². The molecule has 1 fully saturated rings. The molecule has 4 heteroatoms. The second kappa shape index (κ2) is 6.86. The molecule has 0 aromatic rings. The summed E-state index contributed by atoms with van der Waals surface area (Å²) >= 11 is 0. The number of hydrogen-bond acceptors (Lipinski definition) is 3. The lowest BCUT2D eigenvalue weighted by Gasteiger charge is -2.32. The van der Waals surface area contributed by atoms with Crippen LogP contribution in [0.15, 0.2) is 0 Å². The Kier molecular flexibility index (Phi) is 5.77. The van der Waals surface area contributed by atoms with Crippen LogP contribution in [-0.4, -0.2) is 42.5 Å². The first-order valence-corrected chi connectivity index (χ1v) is 6.41. The van der Waals surface area contributed by atoms with Crippen molar-refractivity contribution in [3.63, 3.8) is 0 Å². The van der Waals surface area contributed by atoms with Crippen LogP contribution in [0.3, 0.4) is 0 Å². The van der Waals surface area contributed by atoms with Gasteiger partial charge in [0.1, 0.15) is 0 Å². The first-order valence-electron chi connectivity index (χ1n) is 6.41. The van der Waals surface area contributed by atoms with Crippen molar-refractivity contribution in [2.75, 3.05) is 19.6 Å². The zero-order valence-corrected chi connectivity index (χ0v) is 10.5. The number of unbranched alkanes of at least 4 members (excludes halogenated alkanes) is 1. The van der Waals surface area contributed by atoms with Gasteiger partial charge in [-0.25, -0.2) is 0 Å². The molecule has 1 amide bonds. The second-order valence-electron chi connectivity index (χ2n) is 4.77. The number of likely N-dealkylation sites (tertiary alicyclic amines) is 1. The van der Waals surface area contributed by atoms with Gasteiger partial charge < -0.3 is 16.0 Å². The minimum absolute atomic E-state index is 0.0213. The summed E-state index contributed by atoms with van der Waals surface area (Å²) in [5, 5.41) is 3.00. The predicted molar refractivity (Wildman–Crippen MR) is 66.2 cm³/mol. The Bertz CT molecular complexity index is 210. The van der Waals surface area contributed by atoms with Gasteiger partial charge in [-0.05, 0) is 32.7 Å². The molecule has 0 aromatic carbocycles. The van der Waals surface area contributed by atoms with Gasteiger partial charge in [0, 0.05) is 19.1 Å². The fourth-order valence-corrected chi connectivity index (χ4v) is 2.02. The van der Waals surface area contributed by atoms with E-state index in [1.165, 1.54) is 19.4 Å². The van der Waals surface area contributed by atoms with Crippen molar-refractivity contribution >= 4 is 5.91 Å².